The zero-order chi connectivity index (χ0) is 24.1. The number of nitrogens with one attached hydrogen (secondary N) is 1. The third kappa shape index (κ3) is 2.66. The van der Waals surface area contributed by atoms with Gasteiger partial charge in [0.05, 0.1) is 0 Å². The molecule has 5 fully saturated rings. The van der Waals surface area contributed by atoms with Gasteiger partial charge in [-0.2, -0.15) is 0 Å². The van der Waals surface area contributed by atoms with Crippen LogP contribution in [0.5, 0.6) is 5.75 Å². The van der Waals surface area contributed by atoms with Crippen LogP contribution in [0.15, 0.2) is 48.5 Å². The van der Waals surface area contributed by atoms with Crippen LogP contribution in [0, 0.1) is 17.3 Å². The van der Waals surface area contributed by atoms with Crippen LogP contribution in [0.4, 0.5) is 0 Å². The Labute approximate surface area is 213 Å². The molecule has 8 rings (SSSR count). The van der Waals surface area contributed by atoms with E-state index in [4.69, 9.17) is 0 Å². The average Bonchev–Trinajstić information content (AvgIpc) is 3.57. The lowest BCUT2D eigenvalue weighted by molar-refractivity contribution is -0.102. The molecule has 3 aliphatic heterocycles. The van der Waals surface area contributed by atoms with Crippen LogP contribution in [0.1, 0.15) is 60.0 Å². The Balaban J connectivity index is 1.22. The fourth-order valence-electron chi connectivity index (χ4n) is 10.5. The van der Waals surface area contributed by atoms with Crippen molar-refractivity contribution in [2.45, 2.75) is 68.5 Å². The van der Waals surface area contributed by atoms with E-state index in [2.05, 4.69) is 27.2 Å². The molecule has 5 heteroatoms. The van der Waals surface area contributed by atoms with Gasteiger partial charge in [0.2, 0.25) is 0 Å². The first kappa shape index (κ1) is 21.7. The summed E-state index contributed by atoms with van der Waals surface area (Å²) in [4.78, 5) is 18.8. The lowest BCUT2D eigenvalue weighted by atomic mass is 9.43. The number of fused-ring (bicyclic) bond motifs is 1. The quantitative estimate of drug-likeness (QED) is 0.694. The highest BCUT2D eigenvalue weighted by Gasteiger charge is 2.76. The molecule has 3 saturated heterocycles. The van der Waals surface area contributed by atoms with Crippen LogP contribution < -0.4 is 5.32 Å². The largest absolute Gasteiger partial charge is 0.508 e. The van der Waals surface area contributed by atoms with E-state index in [0.29, 0.717) is 35.7 Å². The fourth-order valence-corrected chi connectivity index (χ4v) is 10.5. The second-order valence-electron chi connectivity index (χ2n) is 12.6. The second kappa shape index (κ2) is 7.58. The first-order valence-electron chi connectivity index (χ1n) is 14.3. The topological polar surface area (TPSA) is 55.8 Å². The molecule has 0 radical (unpaired) electrons. The summed E-state index contributed by atoms with van der Waals surface area (Å²) in [5.41, 5.74) is 4.07. The van der Waals surface area contributed by atoms with E-state index in [1.807, 2.05) is 36.4 Å². The summed E-state index contributed by atoms with van der Waals surface area (Å²) >= 11 is 0. The van der Waals surface area contributed by atoms with Crippen molar-refractivity contribution in [1.82, 2.24) is 15.1 Å². The molecule has 3 heterocycles. The molecule has 6 aliphatic rings. The number of phenolic OH excluding ortho intramolecular Hbond substituents is 1. The van der Waals surface area contributed by atoms with Gasteiger partial charge in [-0.1, -0.05) is 24.3 Å². The maximum atomic E-state index is 13.7. The van der Waals surface area contributed by atoms with E-state index in [1.54, 1.807) is 0 Å². The number of carbonyl (C=O) groups is 1. The van der Waals surface area contributed by atoms with Crippen molar-refractivity contribution in [3.8, 4) is 5.75 Å². The van der Waals surface area contributed by atoms with Gasteiger partial charge in [0.25, 0.3) is 5.91 Å². The van der Waals surface area contributed by atoms with E-state index in [9.17, 15) is 9.90 Å². The van der Waals surface area contributed by atoms with Gasteiger partial charge < -0.3 is 15.3 Å². The standard InChI is InChI=1S/C31H37N3O2/c35-24-9-8-21-15-27-30-11-10-26-28(22(17-30)18-34(26)29(36)20-5-2-1-3-6-20)31(30,25(21)16-24)12-14-33(27)19-23-7-4-13-32-23/h1-3,5-6,8-9,16,22-23,26-28,32,35H,4,7,10-15,17-19H2/t22-,23+,26-,27-,28-,30-,31+/m1/s1. The SMILES string of the molecule is O=C(c1ccccc1)N1C[C@H]2C[C@@]34CC[C@@H]1[C@@H]2[C@@]31CCN(C[C@@H]2CCCN2)[C@@H]4Cc2ccc(O)cc21. The molecule has 7 atom stereocenters. The Kier molecular flexibility index (Phi) is 4.57. The number of carbonyl (C=O) groups excluding carboxylic acids is 1. The molecule has 36 heavy (non-hydrogen) atoms. The average molecular weight is 484 g/mol. The minimum atomic E-state index is 0.0862. The van der Waals surface area contributed by atoms with Gasteiger partial charge in [-0.05, 0) is 111 Å². The van der Waals surface area contributed by atoms with Crippen LogP contribution in [0.3, 0.4) is 0 Å². The first-order valence-corrected chi connectivity index (χ1v) is 14.3. The van der Waals surface area contributed by atoms with E-state index in [0.717, 1.165) is 44.5 Å². The predicted molar refractivity (Wildman–Crippen MR) is 139 cm³/mol. The number of likely N-dealkylation sites (tertiary alicyclic amines) is 2. The molecule has 0 spiro atoms. The summed E-state index contributed by atoms with van der Waals surface area (Å²) in [6, 6.07) is 17.7. The highest BCUT2D eigenvalue weighted by molar-refractivity contribution is 5.94. The molecule has 3 aliphatic carbocycles. The molecule has 2 aromatic rings. The van der Waals surface area contributed by atoms with Crippen molar-refractivity contribution >= 4 is 5.91 Å². The molecule has 0 aromatic heterocycles. The van der Waals surface area contributed by atoms with E-state index in [-0.39, 0.29) is 16.7 Å². The molecule has 2 saturated carbocycles. The highest BCUT2D eigenvalue weighted by Crippen LogP contribution is 2.75. The zero-order valence-corrected chi connectivity index (χ0v) is 21.0. The summed E-state index contributed by atoms with van der Waals surface area (Å²) in [7, 11) is 0. The number of benzene rings is 2. The number of phenols is 1. The number of piperidine rings is 1. The monoisotopic (exact) mass is 483 g/mol. The van der Waals surface area contributed by atoms with Crippen LogP contribution in [0.25, 0.3) is 0 Å². The summed E-state index contributed by atoms with van der Waals surface area (Å²) in [5, 5.41) is 14.4. The Morgan fingerprint density at radius 3 is 2.83 bits per heavy atom. The van der Waals surface area contributed by atoms with Crippen molar-refractivity contribution < 1.29 is 9.90 Å². The Morgan fingerprint density at radius 2 is 2.00 bits per heavy atom. The highest BCUT2D eigenvalue weighted by atomic mass is 16.3. The number of hydrogen-bond acceptors (Lipinski definition) is 4. The molecule has 1 amide bonds. The van der Waals surface area contributed by atoms with Crippen molar-refractivity contribution in [2.75, 3.05) is 26.2 Å². The van der Waals surface area contributed by atoms with Crippen molar-refractivity contribution in [3.05, 3.63) is 65.2 Å². The lowest BCUT2D eigenvalue weighted by Crippen LogP contribution is -2.70. The van der Waals surface area contributed by atoms with Crippen LogP contribution in [-0.2, 0) is 11.8 Å². The molecule has 5 nitrogen and oxygen atoms in total. The summed E-state index contributed by atoms with van der Waals surface area (Å²) in [6.45, 7) is 4.38. The third-order valence-corrected chi connectivity index (χ3v) is 11.5. The van der Waals surface area contributed by atoms with Gasteiger partial charge >= 0.3 is 0 Å². The smallest absolute Gasteiger partial charge is 0.254 e. The molecule has 2 N–H and O–H groups in total. The molecule has 2 aromatic carbocycles. The molecular weight excluding hydrogens is 446 g/mol. The predicted octanol–water partition coefficient (Wildman–Crippen LogP) is 3.95. The van der Waals surface area contributed by atoms with Crippen molar-refractivity contribution in [2.24, 2.45) is 17.3 Å². The van der Waals surface area contributed by atoms with E-state index in [1.165, 1.54) is 43.4 Å². The molecule has 4 bridgehead atoms. The van der Waals surface area contributed by atoms with Gasteiger partial charge in [-0.15, -0.1) is 0 Å². The van der Waals surface area contributed by atoms with Gasteiger partial charge in [0.15, 0.2) is 0 Å². The lowest BCUT2D eigenvalue weighted by Gasteiger charge is -2.66. The van der Waals surface area contributed by atoms with Crippen molar-refractivity contribution in [1.29, 1.82) is 0 Å². The van der Waals surface area contributed by atoms with Gasteiger partial charge in [0.1, 0.15) is 5.75 Å². The van der Waals surface area contributed by atoms with Gasteiger partial charge in [-0.25, -0.2) is 0 Å². The van der Waals surface area contributed by atoms with Crippen LogP contribution in [0.2, 0.25) is 0 Å². The minimum Gasteiger partial charge on any atom is -0.508 e. The molecular formula is C31H37N3O2. The van der Waals surface area contributed by atoms with Crippen molar-refractivity contribution in [3.63, 3.8) is 0 Å². The third-order valence-electron chi connectivity index (χ3n) is 11.5. The Bertz CT molecular complexity index is 1210. The second-order valence-corrected chi connectivity index (χ2v) is 12.6. The van der Waals surface area contributed by atoms with Gasteiger partial charge in [0, 0.05) is 42.2 Å². The van der Waals surface area contributed by atoms with Gasteiger partial charge in [-0.3, -0.25) is 9.69 Å². The summed E-state index contributed by atoms with van der Waals surface area (Å²) in [6.07, 6.45) is 8.45. The Hall–Kier alpha value is -2.37. The van der Waals surface area contributed by atoms with Crippen LogP contribution >= 0.6 is 0 Å². The number of aromatic hydroxyl groups is 1. The van der Waals surface area contributed by atoms with Crippen LogP contribution in [-0.4, -0.2) is 65.1 Å². The molecule has 0 unspecified atom stereocenters. The zero-order valence-electron chi connectivity index (χ0n) is 21.0. The molecule has 188 valence electrons. The number of hydrogen-bond donors (Lipinski definition) is 2. The number of amides is 1. The maximum absolute atomic E-state index is 13.7. The summed E-state index contributed by atoms with van der Waals surface area (Å²) in [5.74, 6) is 1.69. The normalized spacial score (nSPS) is 40.2. The van der Waals surface area contributed by atoms with E-state index >= 15 is 0 Å². The number of nitrogens with zero attached hydrogens (tertiary/aromatic N) is 2. The first-order chi connectivity index (χ1) is 17.6. The minimum absolute atomic E-state index is 0.0862. The fraction of sp³-hybridized carbons (Fsp3) is 0.581. The maximum Gasteiger partial charge on any atom is 0.254 e. The van der Waals surface area contributed by atoms with E-state index < -0.39 is 0 Å². The summed E-state index contributed by atoms with van der Waals surface area (Å²) < 4.78 is 0. The Morgan fingerprint density at radius 1 is 1.11 bits per heavy atom. The number of rotatable bonds is 3.